The van der Waals surface area contributed by atoms with E-state index in [1.165, 1.54) is 0 Å². The average molecular weight is 171 g/mol. The minimum atomic E-state index is 0.0875. The fraction of sp³-hybridized carbons (Fsp3) is 0.273. The van der Waals surface area contributed by atoms with Crippen LogP contribution in [0.15, 0.2) is 18.2 Å². The van der Waals surface area contributed by atoms with Crippen molar-refractivity contribution in [3.63, 3.8) is 0 Å². The molecule has 0 N–H and O–H groups in total. The van der Waals surface area contributed by atoms with Crippen LogP contribution in [0.3, 0.4) is 0 Å². The van der Waals surface area contributed by atoms with E-state index in [9.17, 15) is 4.79 Å². The SMILES string of the molecule is N#Cc1cccc2c1CC(C=O)C2. The first kappa shape index (κ1) is 8.00. The van der Waals surface area contributed by atoms with E-state index in [-0.39, 0.29) is 5.92 Å². The van der Waals surface area contributed by atoms with Crippen molar-refractivity contribution in [2.45, 2.75) is 12.8 Å². The van der Waals surface area contributed by atoms with Crippen LogP contribution in [-0.4, -0.2) is 6.29 Å². The maximum Gasteiger partial charge on any atom is 0.123 e. The third kappa shape index (κ3) is 1.23. The van der Waals surface area contributed by atoms with E-state index in [4.69, 9.17) is 5.26 Å². The molecule has 0 saturated heterocycles. The molecule has 0 aliphatic heterocycles. The fourth-order valence-corrected chi connectivity index (χ4v) is 1.88. The van der Waals surface area contributed by atoms with Crippen molar-refractivity contribution in [1.29, 1.82) is 5.26 Å². The maximum atomic E-state index is 10.6. The first-order valence-electron chi connectivity index (χ1n) is 4.31. The third-order valence-corrected chi connectivity index (χ3v) is 2.53. The summed E-state index contributed by atoms with van der Waals surface area (Å²) in [5.41, 5.74) is 2.96. The molecule has 0 heterocycles. The predicted octanol–water partition coefficient (Wildman–Crippen LogP) is 1.47. The molecule has 13 heavy (non-hydrogen) atoms. The van der Waals surface area contributed by atoms with Crippen molar-refractivity contribution in [3.05, 3.63) is 34.9 Å². The van der Waals surface area contributed by atoms with Gasteiger partial charge in [0.15, 0.2) is 0 Å². The highest BCUT2D eigenvalue weighted by Gasteiger charge is 2.22. The second-order valence-corrected chi connectivity index (χ2v) is 3.36. The summed E-state index contributed by atoms with van der Waals surface area (Å²) in [6.07, 6.45) is 2.53. The molecule has 64 valence electrons. The van der Waals surface area contributed by atoms with Crippen molar-refractivity contribution in [1.82, 2.24) is 0 Å². The molecule has 1 atom stereocenters. The summed E-state index contributed by atoms with van der Waals surface area (Å²) in [6, 6.07) is 7.85. The number of aldehydes is 1. The van der Waals surface area contributed by atoms with Crippen molar-refractivity contribution < 1.29 is 4.79 Å². The Morgan fingerprint density at radius 3 is 3.00 bits per heavy atom. The summed E-state index contributed by atoms with van der Waals surface area (Å²) < 4.78 is 0. The quantitative estimate of drug-likeness (QED) is 0.600. The van der Waals surface area contributed by atoms with Crippen LogP contribution in [0.25, 0.3) is 0 Å². The van der Waals surface area contributed by atoms with E-state index in [0.717, 1.165) is 35.8 Å². The number of fused-ring (bicyclic) bond motifs is 1. The van der Waals surface area contributed by atoms with Crippen molar-refractivity contribution in [3.8, 4) is 6.07 Å². The molecule has 1 aromatic carbocycles. The zero-order chi connectivity index (χ0) is 9.26. The summed E-state index contributed by atoms with van der Waals surface area (Å²) in [4.78, 5) is 10.6. The van der Waals surface area contributed by atoms with Gasteiger partial charge in [-0.05, 0) is 30.0 Å². The first-order chi connectivity index (χ1) is 6.35. The molecule has 0 spiro atoms. The van der Waals surface area contributed by atoms with Crippen LogP contribution in [0.1, 0.15) is 16.7 Å². The Hall–Kier alpha value is -1.62. The normalized spacial score (nSPS) is 19.2. The highest BCUT2D eigenvalue weighted by Crippen LogP contribution is 2.27. The summed E-state index contributed by atoms with van der Waals surface area (Å²) >= 11 is 0. The van der Waals surface area contributed by atoms with Gasteiger partial charge in [-0.15, -0.1) is 0 Å². The van der Waals surface area contributed by atoms with Crippen LogP contribution in [0.5, 0.6) is 0 Å². The van der Waals surface area contributed by atoms with Gasteiger partial charge in [-0.25, -0.2) is 0 Å². The summed E-state index contributed by atoms with van der Waals surface area (Å²) in [7, 11) is 0. The molecule has 0 bridgehead atoms. The average Bonchev–Trinajstić information content (AvgIpc) is 2.59. The van der Waals surface area contributed by atoms with E-state index in [1.54, 1.807) is 0 Å². The fourth-order valence-electron chi connectivity index (χ4n) is 1.88. The van der Waals surface area contributed by atoms with Gasteiger partial charge in [0.25, 0.3) is 0 Å². The second kappa shape index (κ2) is 3.02. The van der Waals surface area contributed by atoms with Gasteiger partial charge in [-0.1, -0.05) is 12.1 Å². The number of hydrogen-bond acceptors (Lipinski definition) is 2. The number of carbonyl (C=O) groups is 1. The lowest BCUT2D eigenvalue weighted by Crippen LogP contribution is -1.99. The van der Waals surface area contributed by atoms with Gasteiger partial charge >= 0.3 is 0 Å². The van der Waals surface area contributed by atoms with Gasteiger partial charge in [0.2, 0.25) is 0 Å². The third-order valence-electron chi connectivity index (χ3n) is 2.53. The van der Waals surface area contributed by atoms with Crippen LogP contribution in [0, 0.1) is 17.2 Å². The van der Waals surface area contributed by atoms with Gasteiger partial charge in [0.05, 0.1) is 11.6 Å². The molecular formula is C11H9NO. The Morgan fingerprint density at radius 1 is 1.46 bits per heavy atom. The number of hydrogen-bond donors (Lipinski definition) is 0. The molecule has 1 aliphatic rings. The number of nitrogens with zero attached hydrogens (tertiary/aromatic N) is 1. The highest BCUT2D eigenvalue weighted by atomic mass is 16.1. The Labute approximate surface area is 76.8 Å². The first-order valence-corrected chi connectivity index (χ1v) is 4.31. The molecule has 0 amide bonds. The van der Waals surface area contributed by atoms with Crippen LogP contribution < -0.4 is 0 Å². The minimum Gasteiger partial charge on any atom is -0.303 e. The molecule has 0 aromatic heterocycles. The lowest BCUT2D eigenvalue weighted by molar-refractivity contribution is -0.110. The molecule has 2 rings (SSSR count). The molecule has 1 aliphatic carbocycles. The molecule has 0 fully saturated rings. The zero-order valence-electron chi connectivity index (χ0n) is 7.16. The summed E-state index contributed by atoms with van der Waals surface area (Å²) in [5, 5.41) is 8.82. The molecule has 2 heteroatoms. The van der Waals surface area contributed by atoms with Crippen LogP contribution in [0.2, 0.25) is 0 Å². The van der Waals surface area contributed by atoms with Gasteiger partial charge in [-0.3, -0.25) is 0 Å². The molecule has 1 aromatic rings. The van der Waals surface area contributed by atoms with Crippen molar-refractivity contribution in [2.75, 3.05) is 0 Å². The number of benzene rings is 1. The lowest BCUT2D eigenvalue weighted by atomic mass is 10.0. The van der Waals surface area contributed by atoms with Gasteiger partial charge in [0, 0.05) is 5.92 Å². The van der Waals surface area contributed by atoms with Gasteiger partial charge < -0.3 is 4.79 Å². The standard InChI is InChI=1S/C11H9NO/c12-6-10-3-1-2-9-4-8(7-13)5-11(9)10/h1-3,7-8H,4-5H2. The molecule has 0 saturated carbocycles. The van der Waals surface area contributed by atoms with Crippen molar-refractivity contribution >= 4 is 6.29 Å². The molecule has 2 nitrogen and oxygen atoms in total. The van der Waals surface area contributed by atoms with E-state index in [2.05, 4.69) is 6.07 Å². The number of rotatable bonds is 1. The Balaban J connectivity index is 2.46. The molecule has 0 radical (unpaired) electrons. The molecule has 1 unspecified atom stereocenters. The number of nitriles is 1. The lowest BCUT2D eigenvalue weighted by Gasteiger charge is -1.98. The topological polar surface area (TPSA) is 40.9 Å². The Morgan fingerprint density at radius 2 is 2.31 bits per heavy atom. The van der Waals surface area contributed by atoms with Crippen LogP contribution in [-0.2, 0) is 17.6 Å². The monoisotopic (exact) mass is 171 g/mol. The second-order valence-electron chi connectivity index (χ2n) is 3.36. The van der Waals surface area contributed by atoms with E-state index < -0.39 is 0 Å². The zero-order valence-corrected chi connectivity index (χ0v) is 7.16. The Bertz CT molecular complexity index is 390. The van der Waals surface area contributed by atoms with Crippen molar-refractivity contribution in [2.24, 2.45) is 5.92 Å². The van der Waals surface area contributed by atoms with Crippen LogP contribution >= 0.6 is 0 Å². The summed E-state index contributed by atoms with van der Waals surface area (Å²) in [5.74, 6) is 0.0875. The van der Waals surface area contributed by atoms with Gasteiger partial charge in [0.1, 0.15) is 6.29 Å². The largest absolute Gasteiger partial charge is 0.303 e. The van der Waals surface area contributed by atoms with Crippen LogP contribution in [0.4, 0.5) is 0 Å². The number of carbonyl (C=O) groups excluding carboxylic acids is 1. The van der Waals surface area contributed by atoms with E-state index in [1.807, 2.05) is 18.2 Å². The van der Waals surface area contributed by atoms with E-state index in [0.29, 0.717) is 0 Å². The highest BCUT2D eigenvalue weighted by molar-refractivity contribution is 5.60. The molecular weight excluding hydrogens is 162 g/mol. The summed E-state index contributed by atoms with van der Waals surface area (Å²) in [6.45, 7) is 0. The maximum absolute atomic E-state index is 10.6. The minimum absolute atomic E-state index is 0.0875. The van der Waals surface area contributed by atoms with E-state index >= 15 is 0 Å². The van der Waals surface area contributed by atoms with Gasteiger partial charge in [-0.2, -0.15) is 5.26 Å². The smallest absolute Gasteiger partial charge is 0.123 e. The Kier molecular flexibility index (Phi) is 1.86. The predicted molar refractivity (Wildman–Crippen MR) is 48.1 cm³/mol.